The van der Waals surface area contributed by atoms with Gasteiger partial charge in [-0.05, 0) is 69.1 Å². The Morgan fingerprint density at radius 1 is 1.23 bits per heavy atom. The molecule has 1 saturated carbocycles. The highest BCUT2D eigenvalue weighted by Crippen LogP contribution is 2.43. The molecular formula is C22H22ClN3O3S2. The lowest BCUT2D eigenvalue weighted by molar-refractivity contribution is 0.254. The van der Waals surface area contributed by atoms with Crippen LogP contribution >= 0.6 is 22.9 Å². The highest BCUT2D eigenvalue weighted by molar-refractivity contribution is 7.93. The van der Waals surface area contributed by atoms with E-state index in [1.54, 1.807) is 24.3 Å². The van der Waals surface area contributed by atoms with Gasteiger partial charge >= 0.3 is 0 Å². The van der Waals surface area contributed by atoms with Crippen molar-refractivity contribution in [2.45, 2.75) is 42.5 Å². The van der Waals surface area contributed by atoms with Crippen molar-refractivity contribution in [2.75, 3.05) is 12.8 Å². The van der Waals surface area contributed by atoms with Crippen LogP contribution in [0.25, 0.3) is 16.9 Å². The first-order valence-corrected chi connectivity index (χ1v) is 13.1. The summed E-state index contributed by atoms with van der Waals surface area (Å²) in [5.74, 6) is -0.0219. The summed E-state index contributed by atoms with van der Waals surface area (Å²) in [5.41, 5.74) is 2.13. The normalized spacial score (nSPS) is 18.3. The number of aryl methyl sites for hydroxylation is 1. The average molecular weight is 476 g/mol. The van der Waals surface area contributed by atoms with Crippen molar-refractivity contribution in [3.8, 4) is 16.9 Å². The van der Waals surface area contributed by atoms with Gasteiger partial charge in [0, 0.05) is 33.6 Å². The van der Waals surface area contributed by atoms with Gasteiger partial charge < -0.3 is 0 Å². The van der Waals surface area contributed by atoms with Crippen LogP contribution in [0.4, 0.5) is 0 Å². The maximum absolute atomic E-state index is 13.1. The Morgan fingerprint density at radius 3 is 2.61 bits per heavy atom. The van der Waals surface area contributed by atoms with Crippen LogP contribution in [0.2, 0.25) is 5.02 Å². The number of rotatable bonds is 4. The van der Waals surface area contributed by atoms with Gasteiger partial charge in [-0.3, -0.25) is 9.69 Å². The van der Waals surface area contributed by atoms with Gasteiger partial charge in [-0.25, -0.2) is 8.42 Å². The molecule has 0 spiro atoms. The molecule has 0 N–H and O–H groups in total. The fourth-order valence-electron chi connectivity index (χ4n) is 4.01. The zero-order valence-corrected chi connectivity index (χ0v) is 19.6. The minimum Gasteiger partial charge on any atom is -0.296 e. The topological polar surface area (TPSA) is 72.3 Å². The first-order chi connectivity index (χ1) is 14.7. The fraction of sp³-hybridized carbons (Fsp3) is 0.364. The van der Waals surface area contributed by atoms with Crippen LogP contribution in [0.1, 0.15) is 36.2 Å². The Hall–Kier alpha value is -2.00. The maximum atomic E-state index is 13.1. The summed E-state index contributed by atoms with van der Waals surface area (Å²) in [6, 6.07) is 11.0. The number of hydrogen-bond donors (Lipinski definition) is 0. The third kappa shape index (κ3) is 3.75. The van der Waals surface area contributed by atoms with Crippen LogP contribution < -0.4 is 5.56 Å². The SMILES string of the molecule is CC(c1cc2c(s1)S(=O)(=O)CCc1cc(=O)n(-c3ccc(Cl)cc3)nc1-2)N(C)C1CC1. The van der Waals surface area contributed by atoms with Gasteiger partial charge in [-0.1, -0.05) is 11.6 Å². The summed E-state index contributed by atoms with van der Waals surface area (Å²) in [6.45, 7) is 2.11. The number of thiophene rings is 1. The molecular weight excluding hydrogens is 454 g/mol. The van der Waals surface area contributed by atoms with Crippen LogP contribution in [0.3, 0.4) is 0 Å². The van der Waals surface area contributed by atoms with Crippen LogP contribution in [0, 0.1) is 0 Å². The molecule has 9 heteroatoms. The Bertz CT molecular complexity index is 1330. The van der Waals surface area contributed by atoms with Crippen LogP contribution in [0.15, 0.2) is 45.4 Å². The molecule has 162 valence electrons. The molecule has 0 radical (unpaired) electrons. The Kier molecular flexibility index (Phi) is 5.08. The van der Waals surface area contributed by atoms with Gasteiger partial charge in [-0.15, -0.1) is 11.3 Å². The molecule has 6 nitrogen and oxygen atoms in total. The lowest BCUT2D eigenvalue weighted by atomic mass is 10.1. The molecule has 1 aliphatic carbocycles. The molecule has 2 aliphatic rings. The van der Waals surface area contributed by atoms with Gasteiger partial charge in [-0.2, -0.15) is 9.78 Å². The summed E-state index contributed by atoms with van der Waals surface area (Å²) in [5, 5.41) is 5.20. The number of sulfone groups is 1. The summed E-state index contributed by atoms with van der Waals surface area (Å²) in [6.07, 6.45) is 2.64. The van der Waals surface area contributed by atoms with Crippen LogP contribution in [0.5, 0.6) is 0 Å². The highest BCUT2D eigenvalue weighted by Gasteiger charge is 2.34. The number of fused-ring (bicyclic) bond motifs is 3. The summed E-state index contributed by atoms with van der Waals surface area (Å²) in [4.78, 5) is 16.1. The number of aromatic nitrogens is 2. The molecule has 0 bridgehead atoms. The van der Waals surface area contributed by atoms with Crippen molar-refractivity contribution in [1.29, 1.82) is 0 Å². The second-order valence-electron chi connectivity index (χ2n) is 8.24. The smallest absolute Gasteiger partial charge is 0.271 e. The fourth-order valence-corrected chi connectivity index (χ4v) is 7.34. The predicted octanol–water partition coefficient (Wildman–Crippen LogP) is 4.10. The first kappa shape index (κ1) is 20.9. The lowest BCUT2D eigenvalue weighted by Crippen LogP contribution is -2.24. The molecule has 0 amide bonds. The van der Waals surface area contributed by atoms with Crippen molar-refractivity contribution >= 4 is 32.8 Å². The van der Waals surface area contributed by atoms with E-state index in [0.29, 0.717) is 37.8 Å². The monoisotopic (exact) mass is 475 g/mol. The predicted molar refractivity (Wildman–Crippen MR) is 123 cm³/mol. The minimum atomic E-state index is -3.45. The van der Waals surface area contributed by atoms with E-state index < -0.39 is 9.84 Å². The highest BCUT2D eigenvalue weighted by atomic mass is 35.5. The third-order valence-electron chi connectivity index (χ3n) is 6.12. The number of halogens is 1. The van der Waals surface area contributed by atoms with Gasteiger partial charge in [0.25, 0.3) is 5.56 Å². The lowest BCUT2D eigenvalue weighted by Gasteiger charge is -2.23. The Balaban J connectivity index is 1.68. The Labute approximate surface area is 190 Å². The molecule has 1 aromatic carbocycles. The number of hydrogen-bond acceptors (Lipinski definition) is 6. The van der Waals surface area contributed by atoms with E-state index in [4.69, 9.17) is 11.6 Å². The van der Waals surface area contributed by atoms with E-state index in [2.05, 4.69) is 24.0 Å². The maximum Gasteiger partial charge on any atom is 0.271 e. The molecule has 1 unspecified atom stereocenters. The van der Waals surface area contributed by atoms with Crippen molar-refractivity contribution < 1.29 is 8.42 Å². The quantitative estimate of drug-likeness (QED) is 0.568. The van der Waals surface area contributed by atoms with Crippen molar-refractivity contribution in [1.82, 2.24) is 14.7 Å². The van der Waals surface area contributed by atoms with Crippen molar-refractivity contribution in [3.63, 3.8) is 0 Å². The molecule has 2 aromatic heterocycles. The van der Waals surface area contributed by atoms with Crippen molar-refractivity contribution in [3.05, 3.63) is 62.2 Å². The van der Waals surface area contributed by atoms with E-state index >= 15 is 0 Å². The summed E-state index contributed by atoms with van der Waals surface area (Å²) >= 11 is 7.32. The molecule has 3 aromatic rings. The van der Waals surface area contributed by atoms with Gasteiger partial charge in [0.05, 0.1) is 17.1 Å². The van der Waals surface area contributed by atoms with E-state index in [0.717, 1.165) is 4.88 Å². The van der Waals surface area contributed by atoms with E-state index in [1.165, 1.54) is 34.9 Å². The number of benzene rings is 1. The minimum absolute atomic E-state index is 0.0219. The van der Waals surface area contributed by atoms with Crippen molar-refractivity contribution in [2.24, 2.45) is 0 Å². The van der Waals surface area contributed by atoms with Crippen LogP contribution in [-0.2, 0) is 16.3 Å². The van der Waals surface area contributed by atoms with Gasteiger partial charge in [0.2, 0.25) is 0 Å². The number of nitrogens with zero attached hydrogens (tertiary/aromatic N) is 3. The standard InChI is InChI=1S/C22H22ClN3O3S2/c1-13(25(2)16-7-8-16)19-12-18-21-14(9-10-31(28,29)22(18)30-19)11-20(27)26(24-21)17-5-3-15(23)4-6-17/h3-6,11-13,16H,7-10H2,1-2H3. The Morgan fingerprint density at radius 2 is 1.94 bits per heavy atom. The molecule has 31 heavy (non-hydrogen) atoms. The van der Waals surface area contributed by atoms with E-state index in [-0.39, 0.29) is 23.8 Å². The molecule has 1 fully saturated rings. The van der Waals surface area contributed by atoms with Gasteiger partial charge in [0.15, 0.2) is 9.84 Å². The molecule has 5 rings (SSSR count). The molecule has 1 atom stereocenters. The van der Waals surface area contributed by atoms with E-state index in [1.807, 2.05) is 6.07 Å². The second kappa shape index (κ2) is 7.55. The van der Waals surface area contributed by atoms with Crippen LogP contribution in [-0.4, -0.2) is 41.9 Å². The largest absolute Gasteiger partial charge is 0.296 e. The summed E-state index contributed by atoms with van der Waals surface area (Å²) < 4.78 is 27.8. The third-order valence-corrected chi connectivity index (χ3v) is 10.0. The second-order valence-corrected chi connectivity index (χ2v) is 12.1. The molecule has 3 heterocycles. The zero-order chi connectivity index (χ0) is 21.9. The zero-order valence-electron chi connectivity index (χ0n) is 17.2. The summed E-state index contributed by atoms with van der Waals surface area (Å²) in [7, 11) is -1.36. The molecule has 1 aliphatic heterocycles. The van der Waals surface area contributed by atoms with Gasteiger partial charge in [0.1, 0.15) is 4.21 Å². The van der Waals surface area contributed by atoms with E-state index in [9.17, 15) is 13.2 Å². The molecule has 0 saturated heterocycles. The first-order valence-electron chi connectivity index (χ1n) is 10.2. The average Bonchev–Trinajstić information content (AvgIpc) is 3.50.